The Morgan fingerprint density at radius 3 is 2.50 bits per heavy atom. The Kier molecular flexibility index (Phi) is 6.62. The molecule has 0 bridgehead atoms. The van der Waals surface area contributed by atoms with Gasteiger partial charge in [0.15, 0.2) is 6.23 Å². The van der Waals surface area contributed by atoms with Crippen molar-refractivity contribution in [2.24, 2.45) is 11.7 Å². The molecular formula is C11H20N2O11P2. The molecule has 1 unspecified atom stereocenters. The van der Waals surface area contributed by atoms with Crippen molar-refractivity contribution >= 4 is 21.6 Å². The molecule has 0 radical (unpaired) electrons. The highest BCUT2D eigenvalue weighted by Gasteiger charge is 2.47. The van der Waals surface area contributed by atoms with Crippen molar-refractivity contribution in [1.82, 2.24) is 4.90 Å². The summed E-state index contributed by atoms with van der Waals surface area (Å²) in [5.74, 6) is -1.05. The van der Waals surface area contributed by atoms with Crippen LogP contribution in [0.25, 0.3) is 0 Å². The Morgan fingerprint density at radius 2 is 1.92 bits per heavy atom. The summed E-state index contributed by atoms with van der Waals surface area (Å²) in [6, 6.07) is 0. The molecule has 0 aliphatic carbocycles. The fourth-order valence-electron chi connectivity index (χ4n) is 2.61. The molecule has 2 heterocycles. The first-order valence-corrected chi connectivity index (χ1v) is 10.4. The van der Waals surface area contributed by atoms with E-state index in [-0.39, 0.29) is 6.54 Å². The highest BCUT2D eigenvalue weighted by atomic mass is 31.3. The topological polar surface area (TPSA) is 209 Å². The van der Waals surface area contributed by atoms with Crippen molar-refractivity contribution in [2.75, 3.05) is 13.2 Å². The molecule has 6 atom stereocenters. The number of carbonyl (C=O) groups is 1. The van der Waals surface area contributed by atoms with Gasteiger partial charge in [-0.05, 0) is 12.6 Å². The molecule has 2 aliphatic rings. The maximum atomic E-state index is 11.4. The van der Waals surface area contributed by atoms with Gasteiger partial charge in [0.1, 0.15) is 18.3 Å². The zero-order chi connectivity index (χ0) is 19.7. The molecule has 1 saturated heterocycles. The molecule has 0 spiro atoms. The fraction of sp³-hybridized carbons (Fsp3) is 0.727. The Balaban J connectivity index is 1.98. The zero-order valence-electron chi connectivity index (χ0n) is 13.3. The van der Waals surface area contributed by atoms with E-state index in [4.69, 9.17) is 20.3 Å². The minimum Gasteiger partial charge on any atom is -0.387 e. The summed E-state index contributed by atoms with van der Waals surface area (Å²) in [6.45, 7) is -0.660. The maximum Gasteiger partial charge on any atom is 0.481 e. The molecule has 0 aromatic rings. The van der Waals surface area contributed by atoms with E-state index in [1.807, 2.05) is 0 Å². The van der Waals surface area contributed by atoms with Crippen molar-refractivity contribution in [3.63, 3.8) is 0 Å². The number of rotatable bonds is 7. The highest BCUT2D eigenvalue weighted by Crippen LogP contribution is 2.57. The Labute approximate surface area is 147 Å². The summed E-state index contributed by atoms with van der Waals surface area (Å²) in [7, 11) is -10.4. The second-order valence-electron chi connectivity index (χ2n) is 5.80. The number of allylic oxidation sites excluding steroid dienone is 1. The second-order valence-corrected chi connectivity index (χ2v) is 8.63. The quantitative estimate of drug-likeness (QED) is 0.248. The number of hydrogen-bond acceptors (Lipinski definition) is 9. The number of primary amides is 1. The van der Waals surface area contributed by atoms with Crippen molar-refractivity contribution in [2.45, 2.75) is 31.0 Å². The van der Waals surface area contributed by atoms with E-state index < -0.39 is 58.6 Å². The fourth-order valence-corrected chi connectivity index (χ4v) is 4.21. The Hall–Kier alpha value is -0.850. The maximum absolute atomic E-state index is 11.4. The summed E-state index contributed by atoms with van der Waals surface area (Å²) in [4.78, 5) is 39.0. The first kappa shape index (κ1) is 21.5. The first-order chi connectivity index (χ1) is 11.9. The van der Waals surface area contributed by atoms with Gasteiger partial charge in [0.05, 0.1) is 12.5 Å². The molecule has 0 saturated carbocycles. The third-order valence-electron chi connectivity index (χ3n) is 3.83. The number of nitrogens with zero attached hydrogens (tertiary/aromatic N) is 1. The molecule has 26 heavy (non-hydrogen) atoms. The zero-order valence-corrected chi connectivity index (χ0v) is 15.1. The number of hydrogen-bond donors (Lipinski definition) is 6. The molecule has 1 amide bonds. The van der Waals surface area contributed by atoms with Crippen molar-refractivity contribution in [3.05, 3.63) is 12.3 Å². The molecule has 13 nitrogen and oxygen atoms in total. The minimum absolute atomic E-state index is 0.133. The number of nitrogens with two attached hydrogens (primary N) is 1. The standard InChI is InChI=1S/C11H20N2O11P2/c12-10(16)6-2-1-3-13(4-6)11-9(15)8(14)7(23-11)5-22-26(20,21)24-25(17,18)19/h1,3,6-9,11,14-15H,2,4-5H2,(H2,12,16)(H,20,21)(H2,17,18,19)/t6-,7+,8+,9+,11+/m0/s1. The van der Waals surface area contributed by atoms with Crippen LogP contribution >= 0.6 is 15.6 Å². The monoisotopic (exact) mass is 418 g/mol. The highest BCUT2D eigenvalue weighted by molar-refractivity contribution is 7.60. The third kappa shape index (κ3) is 5.57. The first-order valence-electron chi connectivity index (χ1n) is 7.37. The lowest BCUT2D eigenvalue weighted by Crippen LogP contribution is -2.46. The van der Waals surface area contributed by atoms with E-state index in [2.05, 4.69) is 8.83 Å². The van der Waals surface area contributed by atoms with Crippen LogP contribution in [-0.4, -0.2) is 73.4 Å². The number of phosphoric ester groups is 1. The second kappa shape index (κ2) is 8.03. The molecule has 15 heteroatoms. The van der Waals surface area contributed by atoms with E-state index in [1.54, 1.807) is 12.3 Å². The van der Waals surface area contributed by atoms with Gasteiger partial charge >= 0.3 is 15.6 Å². The molecule has 0 aromatic heterocycles. The average Bonchev–Trinajstić information content (AvgIpc) is 2.79. The lowest BCUT2D eigenvalue weighted by molar-refractivity contribution is -0.125. The predicted molar refractivity (Wildman–Crippen MR) is 82.7 cm³/mol. The summed E-state index contributed by atoms with van der Waals surface area (Å²) < 4.78 is 35.4. The molecule has 2 aliphatic heterocycles. The summed E-state index contributed by atoms with van der Waals surface area (Å²) >= 11 is 0. The van der Waals surface area contributed by atoms with Crippen LogP contribution in [-0.2, 0) is 27.5 Å². The molecule has 2 rings (SSSR count). The molecular weight excluding hydrogens is 398 g/mol. The molecule has 7 N–H and O–H groups in total. The van der Waals surface area contributed by atoms with Crippen LogP contribution in [0.2, 0.25) is 0 Å². The number of ether oxygens (including phenoxy) is 1. The lowest BCUT2D eigenvalue weighted by Gasteiger charge is -2.34. The Morgan fingerprint density at radius 1 is 1.27 bits per heavy atom. The molecule has 150 valence electrons. The number of aliphatic hydroxyl groups excluding tert-OH is 2. The van der Waals surface area contributed by atoms with E-state index in [0.29, 0.717) is 6.42 Å². The Bertz CT molecular complexity index is 652. The summed E-state index contributed by atoms with van der Waals surface area (Å²) in [5, 5.41) is 20.1. The number of phosphoric acid groups is 2. The van der Waals surface area contributed by atoms with E-state index in [1.165, 1.54) is 4.90 Å². The van der Waals surface area contributed by atoms with Gasteiger partial charge in [-0.25, -0.2) is 9.13 Å². The lowest BCUT2D eigenvalue weighted by atomic mass is 10.0. The van der Waals surface area contributed by atoms with Crippen LogP contribution in [0.5, 0.6) is 0 Å². The van der Waals surface area contributed by atoms with E-state index >= 15 is 0 Å². The van der Waals surface area contributed by atoms with Crippen molar-refractivity contribution < 1.29 is 52.4 Å². The van der Waals surface area contributed by atoms with Gasteiger partial charge in [0.2, 0.25) is 5.91 Å². The SMILES string of the molecule is NC(=O)[C@H]1CC=CN([C@@H]2O[C@H](COP(=O)(O)OP(=O)(O)O)[C@@H](O)[C@H]2O)C1. The van der Waals surface area contributed by atoms with Crippen LogP contribution in [0.3, 0.4) is 0 Å². The van der Waals surface area contributed by atoms with Crippen molar-refractivity contribution in [3.8, 4) is 0 Å². The summed E-state index contributed by atoms with van der Waals surface area (Å²) in [6.07, 6.45) is -1.75. The number of aliphatic hydroxyl groups is 2. The van der Waals surface area contributed by atoms with Gasteiger partial charge in [0.25, 0.3) is 0 Å². The smallest absolute Gasteiger partial charge is 0.387 e. The average molecular weight is 418 g/mol. The van der Waals surface area contributed by atoms with Gasteiger partial charge in [-0.1, -0.05) is 6.08 Å². The van der Waals surface area contributed by atoms with E-state index in [9.17, 15) is 29.0 Å². The normalized spacial score (nSPS) is 34.7. The van der Waals surface area contributed by atoms with Gasteiger partial charge in [-0.2, -0.15) is 4.31 Å². The number of amides is 1. The van der Waals surface area contributed by atoms with Gasteiger partial charge in [-0.15, -0.1) is 0 Å². The van der Waals surface area contributed by atoms with E-state index in [0.717, 1.165) is 0 Å². The predicted octanol–water partition coefficient (Wildman–Crippen LogP) is -2.02. The minimum atomic E-state index is -5.28. The number of carbonyl (C=O) groups excluding carboxylic acids is 1. The summed E-state index contributed by atoms with van der Waals surface area (Å²) in [5.41, 5.74) is 5.25. The van der Waals surface area contributed by atoms with Gasteiger partial charge < -0.3 is 40.3 Å². The van der Waals surface area contributed by atoms with Gasteiger partial charge in [-0.3, -0.25) is 9.32 Å². The van der Waals surface area contributed by atoms with Crippen LogP contribution in [0.1, 0.15) is 6.42 Å². The van der Waals surface area contributed by atoms with Gasteiger partial charge in [0, 0.05) is 6.54 Å². The largest absolute Gasteiger partial charge is 0.481 e. The van der Waals surface area contributed by atoms with Crippen LogP contribution < -0.4 is 5.73 Å². The van der Waals surface area contributed by atoms with Crippen molar-refractivity contribution in [1.29, 1.82) is 0 Å². The third-order valence-corrected chi connectivity index (χ3v) is 5.98. The van der Waals surface area contributed by atoms with Crippen LogP contribution in [0, 0.1) is 5.92 Å². The van der Waals surface area contributed by atoms with Crippen LogP contribution in [0.15, 0.2) is 12.3 Å². The molecule has 0 aromatic carbocycles. The molecule has 1 fully saturated rings. The van der Waals surface area contributed by atoms with Crippen LogP contribution in [0.4, 0.5) is 0 Å².